The van der Waals surface area contributed by atoms with Gasteiger partial charge in [-0.3, -0.25) is 0 Å². The van der Waals surface area contributed by atoms with E-state index in [1.807, 2.05) is 18.2 Å². The topological polar surface area (TPSA) is 17.1 Å². The molecule has 1 aromatic rings. The van der Waals surface area contributed by atoms with Crippen molar-refractivity contribution in [3.63, 3.8) is 0 Å². The Morgan fingerprint density at radius 1 is 1.13 bits per heavy atom. The summed E-state index contributed by atoms with van der Waals surface area (Å²) in [4.78, 5) is 11.0. The van der Waals surface area contributed by atoms with Gasteiger partial charge in [-0.05, 0) is 23.0 Å². The molecule has 0 amide bonds. The molecular formula is C14H16O. The van der Waals surface area contributed by atoms with Crippen LogP contribution >= 0.6 is 0 Å². The van der Waals surface area contributed by atoms with E-state index in [2.05, 4.69) is 32.1 Å². The quantitative estimate of drug-likeness (QED) is 0.670. The molecule has 78 valence electrons. The maximum Gasteiger partial charge on any atom is 0.124 e. The minimum atomic E-state index is 0.153. The molecule has 0 spiro atoms. The van der Waals surface area contributed by atoms with Crippen molar-refractivity contribution in [2.75, 3.05) is 0 Å². The lowest BCUT2D eigenvalue weighted by molar-refractivity contribution is -0.112. The second-order valence-corrected chi connectivity index (χ2v) is 4.35. The summed E-state index contributed by atoms with van der Waals surface area (Å²) in [5.41, 5.74) is 2.57. The van der Waals surface area contributed by atoms with E-state index in [1.165, 1.54) is 11.1 Å². The molecule has 0 bridgehead atoms. The largest absolute Gasteiger partial charge is 0.303 e. The van der Waals surface area contributed by atoms with Crippen LogP contribution in [0.5, 0.6) is 0 Å². The van der Waals surface area contributed by atoms with Gasteiger partial charge in [0, 0.05) is 5.92 Å². The molecule has 0 unspecified atom stereocenters. The van der Waals surface area contributed by atoms with Crippen molar-refractivity contribution in [3.05, 3.63) is 42.0 Å². The molecule has 0 saturated carbocycles. The van der Waals surface area contributed by atoms with Gasteiger partial charge in [0.15, 0.2) is 0 Å². The summed E-state index contributed by atoms with van der Waals surface area (Å²) in [6.07, 6.45) is 3.33. The van der Waals surface area contributed by atoms with Crippen LogP contribution in [0.3, 0.4) is 0 Å². The van der Waals surface area contributed by atoms with Crippen molar-refractivity contribution in [2.24, 2.45) is 17.8 Å². The Kier molecular flexibility index (Phi) is 2.72. The molecule has 1 heteroatoms. The van der Waals surface area contributed by atoms with E-state index in [-0.39, 0.29) is 5.92 Å². The molecule has 1 aliphatic carbocycles. The number of carbonyl (C=O) groups is 1. The van der Waals surface area contributed by atoms with Crippen LogP contribution in [0.1, 0.15) is 19.4 Å². The van der Waals surface area contributed by atoms with Gasteiger partial charge in [-0.2, -0.15) is 0 Å². The van der Waals surface area contributed by atoms with Gasteiger partial charge >= 0.3 is 0 Å². The number of hydrogen-bond acceptors (Lipinski definition) is 1. The van der Waals surface area contributed by atoms with Crippen molar-refractivity contribution >= 4 is 11.9 Å². The lowest BCUT2D eigenvalue weighted by Crippen LogP contribution is -2.14. The predicted octanol–water partition coefficient (Wildman–Crippen LogP) is 3.17. The number of allylic oxidation sites excluding steroid dienone is 2. The third-order valence-corrected chi connectivity index (χ3v) is 3.38. The fourth-order valence-corrected chi connectivity index (χ4v) is 2.44. The highest BCUT2D eigenvalue weighted by Crippen LogP contribution is 2.40. The van der Waals surface area contributed by atoms with Crippen LogP contribution in [0.25, 0.3) is 5.57 Å². The van der Waals surface area contributed by atoms with Crippen LogP contribution in [0.2, 0.25) is 0 Å². The Labute approximate surface area is 90.8 Å². The van der Waals surface area contributed by atoms with Crippen molar-refractivity contribution in [1.82, 2.24) is 0 Å². The molecule has 1 nitrogen and oxygen atoms in total. The van der Waals surface area contributed by atoms with Crippen molar-refractivity contribution in [3.8, 4) is 0 Å². The van der Waals surface area contributed by atoms with Crippen LogP contribution < -0.4 is 0 Å². The Hall–Kier alpha value is -1.37. The summed E-state index contributed by atoms with van der Waals surface area (Å²) in [6, 6.07) is 10.3. The van der Waals surface area contributed by atoms with Crippen molar-refractivity contribution < 1.29 is 4.79 Å². The first-order valence-corrected chi connectivity index (χ1v) is 5.46. The molecule has 2 rings (SSSR count). The maximum atomic E-state index is 11.0. The Bertz CT molecular complexity index is 378. The van der Waals surface area contributed by atoms with Crippen molar-refractivity contribution in [1.29, 1.82) is 0 Å². The SMILES string of the molecule is C[C@H]1C=C(c2ccccc2)[C@H](C)[C@H]1C=O. The molecule has 0 N–H and O–H groups in total. The van der Waals surface area contributed by atoms with E-state index < -0.39 is 0 Å². The van der Waals surface area contributed by atoms with E-state index in [4.69, 9.17) is 0 Å². The van der Waals surface area contributed by atoms with Gasteiger partial charge in [0.2, 0.25) is 0 Å². The first-order valence-electron chi connectivity index (χ1n) is 5.46. The molecule has 1 aliphatic rings. The third kappa shape index (κ3) is 1.74. The average molecular weight is 200 g/mol. The lowest BCUT2D eigenvalue weighted by Gasteiger charge is -2.15. The lowest BCUT2D eigenvalue weighted by atomic mass is 9.87. The third-order valence-electron chi connectivity index (χ3n) is 3.38. The zero-order valence-electron chi connectivity index (χ0n) is 9.18. The smallest absolute Gasteiger partial charge is 0.124 e. The van der Waals surface area contributed by atoms with Gasteiger partial charge in [-0.25, -0.2) is 0 Å². The highest BCUT2D eigenvalue weighted by atomic mass is 16.1. The molecule has 0 saturated heterocycles. The van der Waals surface area contributed by atoms with Gasteiger partial charge in [0.25, 0.3) is 0 Å². The van der Waals surface area contributed by atoms with Gasteiger partial charge in [-0.15, -0.1) is 0 Å². The van der Waals surface area contributed by atoms with Gasteiger partial charge in [0.05, 0.1) is 0 Å². The number of benzene rings is 1. The number of aldehydes is 1. The summed E-state index contributed by atoms with van der Waals surface area (Å²) < 4.78 is 0. The standard InChI is InChI=1S/C14H16O/c1-10-8-13(11(2)14(10)9-15)12-6-4-3-5-7-12/h3-11,14H,1-2H3/t10-,11-,14-/m0/s1. The molecule has 0 aliphatic heterocycles. The molecule has 0 aromatic heterocycles. The fraction of sp³-hybridized carbons (Fsp3) is 0.357. The summed E-state index contributed by atoms with van der Waals surface area (Å²) in [7, 11) is 0. The molecule has 0 fully saturated rings. The predicted molar refractivity (Wildman–Crippen MR) is 62.3 cm³/mol. The Balaban J connectivity index is 2.33. The first-order chi connectivity index (χ1) is 7.24. The zero-order chi connectivity index (χ0) is 10.8. The minimum Gasteiger partial charge on any atom is -0.303 e. The van der Waals surface area contributed by atoms with Crippen LogP contribution in [-0.2, 0) is 4.79 Å². The van der Waals surface area contributed by atoms with E-state index in [1.54, 1.807) is 0 Å². The van der Waals surface area contributed by atoms with Gasteiger partial charge in [-0.1, -0.05) is 50.3 Å². The first kappa shape index (κ1) is 10.2. The summed E-state index contributed by atoms with van der Waals surface area (Å²) in [6.45, 7) is 4.26. The van der Waals surface area contributed by atoms with E-state index in [0.717, 1.165) is 6.29 Å². The van der Waals surface area contributed by atoms with Crippen LogP contribution in [0.4, 0.5) is 0 Å². The highest BCUT2D eigenvalue weighted by molar-refractivity contribution is 5.75. The summed E-state index contributed by atoms with van der Waals surface area (Å²) in [5, 5.41) is 0. The highest BCUT2D eigenvalue weighted by Gasteiger charge is 2.31. The maximum absolute atomic E-state index is 11.0. The monoisotopic (exact) mass is 200 g/mol. The summed E-state index contributed by atoms with van der Waals surface area (Å²) in [5.74, 6) is 0.868. The molecule has 1 aromatic carbocycles. The van der Waals surface area contributed by atoms with Gasteiger partial charge in [0.1, 0.15) is 6.29 Å². The van der Waals surface area contributed by atoms with Crippen LogP contribution in [0.15, 0.2) is 36.4 Å². The van der Waals surface area contributed by atoms with E-state index in [0.29, 0.717) is 11.8 Å². The molecule has 0 heterocycles. The Morgan fingerprint density at radius 3 is 2.33 bits per heavy atom. The van der Waals surface area contributed by atoms with Crippen LogP contribution in [0, 0.1) is 17.8 Å². The van der Waals surface area contributed by atoms with Crippen molar-refractivity contribution in [2.45, 2.75) is 13.8 Å². The van der Waals surface area contributed by atoms with E-state index in [9.17, 15) is 4.79 Å². The van der Waals surface area contributed by atoms with Gasteiger partial charge < -0.3 is 4.79 Å². The summed E-state index contributed by atoms with van der Waals surface area (Å²) >= 11 is 0. The second kappa shape index (κ2) is 4.01. The zero-order valence-corrected chi connectivity index (χ0v) is 9.18. The number of carbonyl (C=O) groups excluding carboxylic acids is 1. The Morgan fingerprint density at radius 2 is 1.80 bits per heavy atom. The molecule has 3 atom stereocenters. The average Bonchev–Trinajstić information content (AvgIpc) is 2.55. The normalized spacial score (nSPS) is 30.0. The number of hydrogen-bond donors (Lipinski definition) is 0. The molecule has 15 heavy (non-hydrogen) atoms. The number of rotatable bonds is 2. The second-order valence-electron chi connectivity index (χ2n) is 4.35. The minimum absolute atomic E-state index is 0.153. The van der Waals surface area contributed by atoms with E-state index >= 15 is 0 Å². The molecule has 0 radical (unpaired) electrons. The molecular weight excluding hydrogens is 184 g/mol. The fourth-order valence-electron chi connectivity index (χ4n) is 2.44. The van der Waals surface area contributed by atoms with Crippen LogP contribution in [-0.4, -0.2) is 6.29 Å².